The fourth-order valence-electron chi connectivity index (χ4n) is 2.32. The Labute approximate surface area is 132 Å². The van der Waals surface area contributed by atoms with Crippen molar-refractivity contribution in [1.29, 1.82) is 0 Å². The zero-order chi connectivity index (χ0) is 16.4. The van der Waals surface area contributed by atoms with E-state index in [1.165, 1.54) is 0 Å². The average molecular weight is 334 g/mol. The second kappa shape index (κ2) is 6.51. The van der Waals surface area contributed by atoms with E-state index in [4.69, 9.17) is 0 Å². The van der Waals surface area contributed by atoms with Gasteiger partial charge in [0.2, 0.25) is 0 Å². The highest BCUT2D eigenvalue weighted by Crippen LogP contribution is 2.35. The number of hydrogen-bond donors (Lipinski definition) is 0. The largest absolute Gasteiger partial charge is 0.204 e. The van der Waals surface area contributed by atoms with Gasteiger partial charge in [0.15, 0.2) is 23.3 Å². The molecule has 0 nitrogen and oxygen atoms in total. The number of benzene rings is 3. The first-order chi connectivity index (χ1) is 11.1. The molecule has 0 aliphatic rings. The molecule has 0 atom stereocenters. The third kappa shape index (κ3) is 2.99. The lowest BCUT2D eigenvalue weighted by Crippen LogP contribution is -2.27. The van der Waals surface area contributed by atoms with E-state index in [2.05, 4.69) is 0 Å². The van der Waals surface area contributed by atoms with Crippen LogP contribution in [0.2, 0.25) is 0 Å². The Hall–Kier alpha value is -2.19. The molecular weight excluding hydrogens is 323 g/mol. The molecule has 3 aromatic rings. The molecular formula is C18H11F4P. The molecule has 0 radical (unpaired) electrons. The van der Waals surface area contributed by atoms with Gasteiger partial charge in [-0.25, -0.2) is 17.6 Å². The highest BCUT2D eigenvalue weighted by Gasteiger charge is 2.28. The molecule has 0 aromatic heterocycles. The second-order valence-corrected chi connectivity index (χ2v) is 6.97. The maximum atomic E-state index is 14.3. The smallest absolute Gasteiger partial charge is 0.170 e. The van der Waals surface area contributed by atoms with Crippen LogP contribution in [0.4, 0.5) is 17.6 Å². The van der Waals surface area contributed by atoms with Crippen LogP contribution in [-0.2, 0) is 0 Å². The summed E-state index contributed by atoms with van der Waals surface area (Å²) >= 11 is 0. The molecule has 23 heavy (non-hydrogen) atoms. The number of hydrogen-bond acceptors (Lipinski definition) is 0. The van der Waals surface area contributed by atoms with Crippen LogP contribution in [0.15, 0.2) is 66.7 Å². The minimum absolute atomic E-state index is 0.234. The molecule has 0 fully saturated rings. The SMILES string of the molecule is Fc1cc(F)c(F)c(P(c2ccccc2)c2ccccc2)c1F. The molecule has 0 unspecified atom stereocenters. The normalized spacial score (nSPS) is 11.0. The first-order valence-electron chi connectivity index (χ1n) is 6.83. The Morgan fingerprint density at radius 1 is 0.565 bits per heavy atom. The van der Waals surface area contributed by atoms with Crippen molar-refractivity contribution < 1.29 is 17.6 Å². The molecule has 3 aromatic carbocycles. The van der Waals surface area contributed by atoms with Gasteiger partial charge in [-0.1, -0.05) is 60.7 Å². The molecule has 0 spiro atoms. The summed E-state index contributed by atoms with van der Waals surface area (Å²) in [7, 11) is -1.75. The molecule has 0 aliphatic heterocycles. The Bertz CT molecular complexity index is 754. The Morgan fingerprint density at radius 2 is 0.957 bits per heavy atom. The van der Waals surface area contributed by atoms with Gasteiger partial charge < -0.3 is 0 Å². The van der Waals surface area contributed by atoms with Gasteiger partial charge in [0.1, 0.15) is 0 Å². The van der Waals surface area contributed by atoms with Crippen LogP contribution < -0.4 is 15.9 Å². The van der Waals surface area contributed by atoms with E-state index in [1.54, 1.807) is 60.7 Å². The van der Waals surface area contributed by atoms with Gasteiger partial charge in [-0.05, 0) is 18.5 Å². The fourth-order valence-corrected chi connectivity index (χ4v) is 4.68. The standard InChI is InChI=1S/C18H11F4P/c19-14-11-15(20)17(22)18(16(14)21)23(12-7-3-1-4-8-12)13-9-5-2-6-10-13/h1-11H. The van der Waals surface area contributed by atoms with Gasteiger partial charge >= 0.3 is 0 Å². The third-order valence-electron chi connectivity index (χ3n) is 3.34. The van der Waals surface area contributed by atoms with Crippen LogP contribution >= 0.6 is 7.92 Å². The van der Waals surface area contributed by atoms with Crippen LogP contribution in [0, 0.1) is 23.3 Å². The average Bonchev–Trinajstić information content (AvgIpc) is 2.58. The zero-order valence-corrected chi connectivity index (χ0v) is 12.7. The zero-order valence-electron chi connectivity index (χ0n) is 11.8. The quantitative estimate of drug-likeness (QED) is 0.386. The maximum Gasteiger partial charge on any atom is 0.170 e. The highest BCUT2D eigenvalue weighted by atomic mass is 31.1. The lowest BCUT2D eigenvalue weighted by atomic mass is 10.3. The molecule has 0 amide bonds. The molecule has 116 valence electrons. The van der Waals surface area contributed by atoms with E-state index < -0.39 is 36.5 Å². The summed E-state index contributed by atoms with van der Waals surface area (Å²) in [4.78, 5) is 0. The van der Waals surface area contributed by atoms with Crippen molar-refractivity contribution in [3.8, 4) is 0 Å². The summed E-state index contributed by atoms with van der Waals surface area (Å²) in [6.45, 7) is 0. The van der Waals surface area contributed by atoms with Gasteiger partial charge in [-0.15, -0.1) is 0 Å². The molecule has 0 N–H and O–H groups in total. The fraction of sp³-hybridized carbons (Fsp3) is 0. The van der Waals surface area contributed by atoms with Crippen molar-refractivity contribution >= 4 is 23.8 Å². The van der Waals surface area contributed by atoms with Crippen molar-refractivity contribution in [1.82, 2.24) is 0 Å². The molecule has 0 heterocycles. The lowest BCUT2D eigenvalue weighted by molar-refractivity contribution is 0.463. The lowest BCUT2D eigenvalue weighted by Gasteiger charge is -2.20. The van der Waals surface area contributed by atoms with Crippen molar-refractivity contribution in [3.63, 3.8) is 0 Å². The maximum absolute atomic E-state index is 14.3. The summed E-state index contributed by atoms with van der Waals surface area (Å²) in [5, 5.41) is 0.655. The van der Waals surface area contributed by atoms with E-state index in [0.29, 0.717) is 10.6 Å². The third-order valence-corrected chi connectivity index (χ3v) is 5.81. The van der Waals surface area contributed by atoms with Gasteiger partial charge in [0, 0.05) is 6.07 Å². The topological polar surface area (TPSA) is 0 Å². The van der Waals surface area contributed by atoms with Crippen LogP contribution in [0.1, 0.15) is 0 Å². The van der Waals surface area contributed by atoms with Crippen molar-refractivity contribution in [2.24, 2.45) is 0 Å². The first kappa shape index (κ1) is 15.7. The van der Waals surface area contributed by atoms with Gasteiger partial charge in [-0.2, -0.15) is 0 Å². The van der Waals surface area contributed by atoms with E-state index in [0.717, 1.165) is 0 Å². The van der Waals surface area contributed by atoms with Crippen molar-refractivity contribution in [3.05, 3.63) is 90.0 Å². The summed E-state index contributed by atoms with van der Waals surface area (Å²) in [6.07, 6.45) is 0. The van der Waals surface area contributed by atoms with Crippen molar-refractivity contribution in [2.45, 2.75) is 0 Å². The van der Waals surface area contributed by atoms with Crippen LogP contribution in [0.3, 0.4) is 0 Å². The molecule has 0 saturated carbocycles. The Morgan fingerprint density at radius 3 is 1.35 bits per heavy atom. The van der Waals surface area contributed by atoms with E-state index in [1.807, 2.05) is 0 Å². The van der Waals surface area contributed by atoms with E-state index >= 15 is 0 Å². The second-order valence-electron chi connectivity index (χ2n) is 4.82. The number of halogens is 4. The highest BCUT2D eigenvalue weighted by molar-refractivity contribution is 7.79. The molecule has 0 bridgehead atoms. The van der Waals surface area contributed by atoms with Gasteiger partial charge in [0.05, 0.1) is 5.30 Å². The molecule has 5 heteroatoms. The Balaban J connectivity index is 2.30. The van der Waals surface area contributed by atoms with E-state index in [9.17, 15) is 17.6 Å². The summed E-state index contributed by atoms with van der Waals surface area (Å²) < 4.78 is 55.9. The van der Waals surface area contributed by atoms with Gasteiger partial charge in [0.25, 0.3) is 0 Å². The number of rotatable bonds is 3. The van der Waals surface area contributed by atoms with Crippen LogP contribution in [0.5, 0.6) is 0 Å². The minimum atomic E-state index is -1.75. The van der Waals surface area contributed by atoms with Crippen molar-refractivity contribution in [2.75, 3.05) is 0 Å². The summed E-state index contributed by atoms with van der Waals surface area (Å²) in [6, 6.07) is 17.4. The Kier molecular flexibility index (Phi) is 4.44. The monoisotopic (exact) mass is 334 g/mol. The molecule has 3 rings (SSSR count). The minimum Gasteiger partial charge on any atom is -0.204 e. The van der Waals surface area contributed by atoms with E-state index in [-0.39, 0.29) is 6.07 Å². The predicted octanol–water partition coefficient (Wildman–Crippen LogP) is 4.00. The van der Waals surface area contributed by atoms with Crippen LogP contribution in [0.25, 0.3) is 0 Å². The molecule has 0 saturated heterocycles. The molecule has 0 aliphatic carbocycles. The van der Waals surface area contributed by atoms with Crippen LogP contribution in [-0.4, -0.2) is 0 Å². The predicted molar refractivity (Wildman–Crippen MR) is 85.0 cm³/mol. The first-order valence-corrected chi connectivity index (χ1v) is 8.17. The summed E-state index contributed by atoms with van der Waals surface area (Å²) in [5.74, 6) is -5.47. The van der Waals surface area contributed by atoms with Gasteiger partial charge in [-0.3, -0.25) is 0 Å². The summed E-state index contributed by atoms with van der Waals surface area (Å²) in [5.41, 5.74) is 0.